The van der Waals surface area contributed by atoms with Crippen LogP contribution in [0.3, 0.4) is 0 Å². The Hall–Kier alpha value is -3.58. The first kappa shape index (κ1) is 17.8. The molecule has 0 saturated heterocycles. The maximum atomic E-state index is 8.63. The van der Waals surface area contributed by atoms with Gasteiger partial charge in [-0.2, -0.15) is 0 Å². The van der Waals surface area contributed by atoms with E-state index in [1.54, 1.807) is 18.3 Å². The highest BCUT2D eigenvalue weighted by Crippen LogP contribution is 2.28. The summed E-state index contributed by atoms with van der Waals surface area (Å²) in [5.74, 6) is 1.93. The van der Waals surface area contributed by atoms with Crippen molar-refractivity contribution in [3.05, 3.63) is 71.5 Å². The summed E-state index contributed by atoms with van der Waals surface area (Å²) in [6, 6.07) is 16.5. The summed E-state index contributed by atoms with van der Waals surface area (Å²) in [7, 11) is 1.94. The van der Waals surface area contributed by atoms with Gasteiger partial charge in [-0.15, -0.1) is 0 Å². The molecule has 4 rings (SSSR count). The number of hydrogen-bond acceptors (Lipinski definition) is 6. The molecular formula is C20H16ClN5O2. The average Bonchev–Trinajstić information content (AvgIpc) is 2.99. The first-order chi connectivity index (χ1) is 13.6. The third-order valence-electron chi connectivity index (χ3n) is 4.13. The number of fused-ring (bicyclic) bond motifs is 1. The summed E-state index contributed by atoms with van der Waals surface area (Å²) >= 11 is 5.94. The lowest BCUT2D eigenvalue weighted by Crippen LogP contribution is -1.98. The number of aromatic nitrogens is 3. The Morgan fingerprint density at radius 2 is 1.89 bits per heavy atom. The number of oxime groups is 1. The smallest absolute Gasteiger partial charge is 0.208 e. The summed E-state index contributed by atoms with van der Waals surface area (Å²) in [6.45, 7) is 0. The van der Waals surface area contributed by atoms with Gasteiger partial charge >= 0.3 is 0 Å². The molecule has 2 N–H and O–H groups in total. The molecule has 0 aliphatic carbocycles. The number of halogens is 1. The minimum absolute atomic E-state index is 0.494. The van der Waals surface area contributed by atoms with Crippen molar-refractivity contribution in [2.75, 3.05) is 5.32 Å². The second-order valence-corrected chi connectivity index (χ2v) is 6.48. The number of ether oxygens (including phenoxy) is 1. The number of hydrogen-bond donors (Lipinski definition) is 2. The summed E-state index contributed by atoms with van der Waals surface area (Å²) in [5, 5.41) is 15.6. The second-order valence-electron chi connectivity index (χ2n) is 6.04. The molecule has 0 bridgehead atoms. The third-order valence-corrected chi connectivity index (χ3v) is 4.38. The van der Waals surface area contributed by atoms with E-state index in [2.05, 4.69) is 20.4 Å². The lowest BCUT2D eigenvalue weighted by atomic mass is 10.3. The van der Waals surface area contributed by atoms with Crippen LogP contribution in [0.25, 0.3) is 11.0 Å². The Balaban J connectivity index is 1.60. The van der Waals surface area contributed by atoms with E-state index >= 15 is 0 Å². The van der Waals surface area contributed by atoms with Crippen LogP contribution >= 0.6 is 11.6 Å². The Labute approximate surface area is 165 Å². The summed E-state index contributed by atoms with van der Waals surface area (Å²) in [4.78, 5) is 8.71. The van der Waals surface area contributed by atoms with Crippen molar-refractivity contribution < 1.29 is 9.94 Å². The monoisotopic (exact) mass is 393 g/mol. The van der Waals surface area contributed by atoms with Gasteiger partial charge in [0.15, 0.2) is 0 Å². The van der Waals surface area contributed by atoms with E-state index in [0.717, 1.165) is 16.7 Å². The maximum absolute atomic E-state index is 8.63. The van der Waals surface area contributed by atoms with Gasteiger partial charge in [0, 0.05) is 36.1 Å². The largest absolute Gasteiger partial charge is 0.457 e. The molecule has 4 aromatic rings. The maximum Gasteiger partial charge on any atom is 0.208 e. The predicted molar refractivity (Wildman–Crippen MR) is 109 cm³/mol. The van der Waals surface area contributed by atoms with Gasteiger partial charge in [-0.1, -0.05) is 16.8 Å². The zero-order valence-corrected chi connectivity index (χ0v) is 15.6. The normalized spacial score (nSPS) is 11.2. The molecule has 0 aliphatic heterocycles. The van der Waals surface area contributed by atoms with Crippen molar-refractivity contribution in [2.45, 2.75) is 0 Å². The third kappa shape index (κ3) is 3.74. The highest BCUT2D eigenvalue weighted by atomic mass is 35.5. The molecule has 0 saturated carbocycles. The van der Waals surface area contributed by atoms with Crippen LogP contribution in [0, 0.1) is 0 Å². The molecule has 0 fully saturated rings. The molecule has 0 radical (unpaired) electrons. The topological polar surface area (TPSA) is 84.6 Å². The second kappa shape index (κ2) is 7.58. The van der Waals surface area contributed by atoms with Crippen molar-refractivity contribution in [3.63, 3.8) is 0 Å². The summed E-state index contributed by atoms with van der Waals surface area (Å²) in [6.07, 6.45) is 2.82. The number of anilines is 2. The molecule has 28 heavy (non-hydrogen) atoms. The number of aryl methyl sites for hydroxylation is 1. The SMILES string of the molecule is Cn1c(Nc2ccc(Cl)cc2)nc2cc(Oc3ccnc(C=NO)c3)ccc21. The fraction of sp³-hybridized carbons (Fsp3) is 0.0500. The zero-order chi connectivity index (χ0) is 19.5. The molecule has 7 nitrogen and oxygen atoms in total. The van der Waals surface area contributed by atoms with Gasteiger partial charge in [0.1, 0.15) is 11.5 Å². The van der Waals surface area contributed by atoms with Crippen molar-refractivity contribution >= 4 is 40.5 Å². The fourth-order valence-electron chi connectivity index (χ4n) is 2.77. The van der Waals surface area contributed by atoms with Gasteiger partial charge in [0.05, 0.1) is 22.9 Å². The molecule has 2 heterocycles. The minimum Gasteiger partial charge on any atom is -0.457 e. The number of nitrogens with one attached hydrogen (secondary N) is 1. The van der Waals surface area contributed by atoms with Crippen LogP contribution in [-0.2, 0) is 7.05 Å². The Bertz CT molecular complexity index is 1160. The van der Waals surface area contributed by atoms with Gasteiger partial charge in [-0.05, 0) is 42.5 Å². The molecule has 140 valence electrons. The van der Waals surface area contributed by atoms with Crippen LogP contribution in [0.2, 0.25) is 5.02 Å². The van der Waals surface area contributed by atoms with Crippen LogP contribution < -0.4 is 10.1 Å². The van der Waals surface area contributed by atoms with Crippen molar-refractivity contribution in [1.82, 2.24) is 14.5 Å². The highest BCUT2D eigenvalue weighted by molar-refractivity contribution is 6.30. The average molecular weight is 394 g/mol. The standard InChI is InChI=1S/C20H16ClN5O2/c1-26-19-7-6-16(28-17-8-9-22-15(10-17)12-23-27)11-18(19)25-20(26)24-14-4-2-13(21)3-5-14/h2-12,27H,1H3,(H,24,25). The Morgan fingerprint density at radius 3 is 2.68 bits per heavy atom. The van der Waals surface area contributed by atoms with Gasteiger partial charge in [-0.3, -0.25) is 4.98 Å². The molecule has 0 amide bonds. The van der Waals surface area contributed by atoms with Crippen LogP contribution in [0.15, 0.2) is 65.9 Å². The first-order valence-corrected chi connectivity index (χ1v) is 8.80. The quantitative estimate of drug-likeness (QED) is 0.284. The summed E-state index contributed by atoms with van der Waals surface area (Å²) in [5.41, 5.74) is 3.15. The molecule has 0 aliphatic rings. The van der Waals surface area contributed by atoms with Crippen LogP contribution in [0.4, 0.5) is 11.6 Å². The number of rotatable bonds is 5. The van der Waals surface area contributed by atoms with E-state index in [9.17, 15) is 0 Å². The van der Waals surface area contributed by atoms with Crippen LogP contribution in [-0.4, -0.2) is 26.0 Å². The van der Waals surface area contributed by atoms with Gasteiger partial charge < -0.3 is 19.8 Å². The predicted octanol–water partition coefficient (Wildman–Crippen LogP) is 4.97. The Morgan fingerprint density at radius 1 is 1.11 bits per heavy atom. The number of pyridine rings is 1. The van der Waals surface area contributed by atoms with Crippen LogP contribution in [0.5, 0.6) is 11.5 Å². The van der Waals surface area contributed by atoms with Crippen molar-refractivity contribution in [3.8, 4) is 11.5 Å². The van der Waals surface area contributed by atoms with Crippen LogP contribution in [0.1, 0.15) is 5.69 Å². The molecular weight excluding hydrogens is 378 g/mol. The van der Waals surface area contributed by atoms with E-state index in [1.807, 2.05) is 54.1 Å². The van der Waals surface area contributed by atoms with Crippen molar-refractivity contribution in [1.29, 1.82) is 0 Å². The molecule has 8 heteroatoms. The van der Waals surface area contributed by atoms with Gasteiger partial charge in [-0.25, -0.2) is 4.98 Å². The van der Waals surface area contributed by atoms with E-state index in [4.69, 9.17) is 21.5 Å². The van der Waals surface area contributed by atoms with Gasteiger partial charge in [0.25, 0.3) is 0 Å². The fourth-order valence-corrected chi connectivity index (χ4v) is 2.90. The first-order valence-electron chi connectivity index (χ1n) is 8.43. The minimum atomic E-state index is 0.494. The van der Waals surface area contributed by atoms with E-state index in [0.29, 0.717) is 28.2 Å². The molecule has 2 aromatic heterocycles. The van der Waals surface area contributed by atoms with E-state index in [1.165, 1.54) is 6.21 Å². The molecule has 0 spiro atoms. The molecule has 0 unspecified atom stereocenters. The van der Waals surface area contributed by atoms with E-state index < -0.39 is 0 Å². The number of nitrogens with zero attached hydrogens (tertiary/aromatic N) is 4. The summed E-state index contributed by atoms with van der Waals surface area (Å²) < 4.78 is 7.85. The lowest BCUT2D eigenvalue weighted by molar-refractivity contribution is 0.321. The van der Waals surface area contributed by atoms with E-state index in [-0.39, 0.29) is 0 Å². The molecule has 2 aromatic carbocycles. The number of benzene rings is 2. The Kier molecular flexibility index (Phi) is 4.82. The lowest BCUT2D eigenvalue weighted by Gasteiger charge is -2.06. The molecule has 0 atom stereocenters. The number of imidazole rings is 1. The van der Waals surface area contributed by atoms with Crippen molar-refractivity contribution in [2.24, 2.45) is 12.2 Å². The van der Waals surface area contributed by atoms with Gasteiger partial charge in [0.2, 0.25) is 5.95 Å². The highest BCUT2D eigenvalue weighted by Gasteiger charge is 2.10. The zero-order valence-electron chi connectivity index (χ0n) is 14.9.